The first-order valence-corrected chi connectivity index (χ1v) is 8.84. The molecule has 2 N–H and O–H groups in total. The minimum atomic E-state index is -0.889. The van der Waals surface area contributed by atoms with Crippen LogP contribution in [0.2, 0.25) is 0 Å². The van der Waals surface area contributed by atoms with Gasteiger partial charge >= 0.3 is 5.97 Å². The summed E-state index contributed by atoms with van der Waals surface area (Å²) >= 11 is 1.18. The number of carbonyl (C=O) groups excluding carboxylic acids is 1. The molecule has 6 heteroatoms. The smallest absolute Gasteiger partial charge is 0.316 e. The van der Waals surface area contributed by atoms with Crippen molar-refractivity contribution >= 4 is 23.6 Å². The van der Waals surface area contributed by atoms with Crippen molar-refractivity contribution in [1.82, 2.24) is 5.32 Å². The van der Waals surface area contributed by atoms with Crippen LogP contribution in [0.25, 0.3) is 0 Å². The number of hydrogen-bond acceptors (Lipinski definition) is 4. The molecular formula is C17H23NO4S. The molecule has 2 unspecified atom stereocenters. The van der Waals surface area contributed by atoms with Gasteiger partial charge in [0.05, 0.1) is 11.7 Å². The monoisotopic (exact) mass is 337 g/mol. The van der Waals surface area contributed by atoms with Crippen LogP contribution in [0.15, 0.2) is 29.2 Å². The Hall–Kier alpha value is -1.53. The van der Waals surface area contributed by atoms with Crippen LogP contribution in [-0.4, -0.2) is 41.5 Å². The quantitative estimate of drug-likeness (QED) is 0.748. The summed E-state index contributed by atoms with van der Waals surface area (Å²) in [5, 5.41) is 11.3. The molecule has 2 atom stereocenters. The van der Waals surface area contributed by atoms with Crippen molar-refractivity contribution in [3.8, 4) is 0 Å². The maximum atomic E-state index is 12.3. The molecule has 0 radical (unpaired) electrons. The van der Waals surface area contributed by atoms with Gasteiger partial charge in [-0.05, 0) is 44.7 Å². The number of benzene rings is 1. The van der Waals surface area contributed by atoms with Gasteiger partial charge in [0, 0.05) is 18.0 Å². The fraction of sp³-hybridized carbons (Fsp3) is 0.529. The predicted molar refractivity (Wildman–Crippen MR) is 89.9 cm³/mol. The van der Waals surface area contributed by atoms with Gasteiger partial charge in [-0.3, -0.25) is 9.59 Å². The highest BCUT2D eigenvalue weighted by Gasteiger charge is 2.18. The average molecular weight is 337 g/mol. The normalized spacial score (nSPS) is 19.1. The van der Waals surface area contributed by atoms with Gasteiger partial charge in [0.25, 0.3) is 5.91 Å². The molecule has 1 amide bonds. The zero-order valence-electron chi connectivity index (χ0n) is 13.3. The first-order chi connectivity index (χ1) is 11.1. The molecule has 1 aliphatic heterocycles. The zero-order chi connectivity index (χ0) is 16.7. The average Bonchev–Trinajstić information content (AvgIpc) is 2.56. The van der Waals surface area contributed by atoms with Crippen molar-refractivity contribution < 1.29 is 19.4 Å². The Balaban J connectivity index is 1.89. The Morgan fingerprint density at radius 2 is 2.17 bits per heavy atom. The van der Waals surface area contributed by atoms with Crippen molar-refractivity contribution in [2.24, 2.45) is 0 Å². The zero-order valence-corrected chi connectivity index (χ0v) is 14.1. The molecule has 1 aromatic carbocycles. The topological polar surface area (TPSA) is 75.6 Å². The first kappa shape index (κ1) is 17.8. The Morgan fingerprint density at radius 1 is 1.39 bits per heavy atom. The number of amides is 1. The predicted octanol–water partition coefficient (Wildman–Crippen LogP) is 2.94. The van der Waals surface area contributed by atoms with E-state index in [0.29, 0.717) is 17.0 Å². The van der Waals surface area contributed by atoms with Crippen molar-refractivity contribution in [2.75, 3.05) is 13.2 Å². The lowest BCUT2D eigenvalue weighted by Gasteiger charge is -2.22. The third kappa shape index (κ3) is 5.55. The number of hydrogen-bond donors (Lipinski definition) is 2. The third-order valence-electron chi connectivity index (χ3n) is 3.81. The Morgan fingerprint density at radius 3 is 2.87 bits per heavy atom. The number of carbonyl (C=O) groups is 2. The summed E-state index contributed by atoms with van der Waals surface area (Å²) in [7, 11) is 0. The minimum absolute atomic E-state index is 0.165. The maximum Gasteiger partial charge on any atom is 0.316 e. The second-order valence-electron chi connectivity index (χ2n) is 5.63. The van der Waals surface area contributed by atoms with Gasteiger partial charge in [0.2, 0.25) is 0 Å². The van der Waals surface area contributed by atoms with Gasteiger partial charge in [-0.15, -0.1) is 11.8 Å². The van der Waals surface area contributed by atoms with Crippen molar-refractivity contribution in [3.05, 3.63) is 29.8 Å². The summed E-state index contributed by atoms with van der Waals surface area (Å²) in [6, 6.07) is 7.10. The maximum absolute atomic E-state index is 12.3. The van der Waals surface area contributed by atoms with Gasteiger partial charge in [-0.1, -0.05) is 12.1 Å². The van der Waals surface area contributed by atoms with E-state index >= 15 is 0 Å². The first-order valence-electron chi connectivity index (χ1n) is 7.96. The molecule has 0 spiro atoms. The molecule has 126 valence electrons. The summed E-state index contributed by atoms with van der Waals surface area (Å²) in [5.41, 5.74) is 0.523. The lowest BCUT2D eigenvalue weighted by atomic mass is 10.1. The van der Waals surface area contributed by atoms with E-state index in [-0.39, 0.29) is 12.0 Å². The summed E-state index contributed by atoms with van der Waals surface area (Å²) in [6.07, 6.45) is 4.41. The fourth-order valence-corrected chi connectivity index (χ4v) is 3.40. The largest absolute Gasteiger partial charge is 0.480 e. The summed E-state index contributed by atoms with van der Waals surface area (Å²) < 4.78 is 5.65. The number of carboxylic acids is 1. The van der Waals surface area contributed by atoms with Crippen LogP contribution >= 0.6 is 11.8 Å². The van der Waals surface area contributed by atoms with Crippen LogP contribution in [0, 0.1) is 0 Å². The van der Waals surface area contributed by atoms with Crippen LogP contribution in [0.3, 0.4) is 0 Å². The molecule has 0 saturated carbocycles. The number of rotatable bonds is 7. The van der Waals surface area contributed by atoms with Crippen molar-refractivity contribution in [1.29, 1.82) is 0 Å². The van der Waals surface area contributed by atoms with Crippen LogP contribution in [0.5, 0.6) is 0 Å². The molecule has 1 saturated heterocycles. The molecule has 0 bridgehead atoms. The van der Waals surface area contributed by atoms with E-state index in [1.54, 1.807) is 25.1 Å². The molecule has 1 fully saturated rings. The standard InChI is InChI=1S/C17H23NO4S/c1-12(17(20)21)23-15-8-3-2-7-14(15)16(19)18-10-9-13-6-4-5-11-22-13/h2-3,7-8,12-13H,4-6,9-11H2,1H3,(H,18,19)(H,20,21). The molecule has 0 aromatic heterocycles. The van der Waals surface area contributed by atoms with E-state index in [4.69, 9.17) is 9.84 Å². The third-order valence-corrected chi connectivity index (χ3v) is 4.97. The molecule has 5 nitrogen and oxygen atoms in total. The summed E-state index contributed by atoms with van der Waals surface area (Å²) in [4.78, 5) is 24.0. The number of thioether (sulfide) groups is 1. The van der Waals surface area contributed by atoms with E-state index in [2.05, 4.69) is 5.32 Å². The van der Waals surface area contributed by atoms with Gasteiger partial charge < -0.3 is 15.2 Å². The number of carboxylic acid groups (broad SMARTS) is 1. The second-order valence-corrected chi connectivity index (χ2v) is 7.01. The van der Waals surface area contributed by atoms with Crippen LogP contribution in [-0.2, 0) is 9.53 Å². The van der Waals surface area contributed by atoms with Gasteiger partial charge in [0.1, 0.15) is 5.25 Å². The van der Waals surface area contributed by atoms with Gasteiger partial charge in [0.15, 0.2) is 0 Å². The van der Waals surface area contributed by atoms with Crippen molar-refractivity contribution in [3.63, 3.8) is 0 Å². The van der Waals surface area contributed by atoms with Gasteiger partial charge in [-0.2, -0.15) is 0 Å². The molecule has 2 rings (SSSR count). The van der Waals surface area contributed by atoms with Crippen LogP contribution in [0.4, 0.5) is 0 Å². The van der Waals surface area contributed by atoms with E-state index in [1.807, 2.05) is 6.07 Å². The SMILES string of the molecule is CC(Sc1ccccc1C(=O)NCCC1CCCCO1)C(=O)O. The lowest BCUT2D eigenvalue weighted by molar-refractivity contribution is -0.136. The number of ether oxygens (including phenoxy) is 1. The highest BCUT2D eigenvalue weighted by atomic mass is 32.2. The molecule has 0 aliphatic carbocycles. The molecule has 1 aliphatic rings. The van der Waals surface area contributed by atoms with E-state index in [9.17, 15) is 9.59 Å². The van der Waals surface area contributed by atoms with E-state index < -0.39 is 11.2 Å². The highest BCUT2D eigenvalue weighted by molar-refractivity contribution is 8.00. The highest BCUT2D eigenvalue weighted by Crippen LogP contribution is 2.27. The van der Waals surface area contributed by atoms with Gasteiger partial charge in [-0.25, -0.2) is 0 Å². The number of nitrogens with one attached hydrogen (secondary N) is 1. The Labute approximate surface area is 140 Å². The minimum Gasteiger partial charge on any atom is -0.480 e. The molecular weight excluding hydrogens is 314 g/mol. The summed E-state index contributed by atoms with van der Waals surface area (Å²) in [5.74, 6) is -1.05. The summed E-state index contributed by atoms with van der Waals surface area (Å²) in [6.45, 7) is 2.99. The fourth-order valence-electron chi connectivity index (χ4n) is 2.47. The van der Waals surface area contributed by atoms with Crippen LogP contribution in [0.1, 0.15) is 43.0 Å². The molecule has 23 heavy (non-hydrogen) atoms. The molecule has 1 heterocycles. The number of aliphatic carboxylic acids is 1. The van der Waals surface area contributed by atoms with E-state index in [0.717, 1.165) is 25.9 Å². The lowest BCUT2D eigenvalue weighted by Crippen LogP contribution is -2.29. The molecule has 1 aromatic rings. The van der Waals surface area contributed by atoms with Crippen molar-refractivity contribution in [2.45, 2.75) is 48.9 Å². The van der Waals surface area contributed by atoms with Crippen LogP contribution < -0.4 is 5.32 Å². The Kier molecular flexibility index (Phi) is 6.92. The second kappa shape index (κ2) is 8.93. The Bertz CT molecular complexity index is 543. The van der Waals surface area contributed by atoms with E-state index in [1.165, 1.54) is 18.2 Å².